The fourth-order valence-electron chi connectivity index (χ4n) is 1.95. The Hall–Kier alpha value is -1.93. The molecule has 1 aromatic rings. The third-order valence-electron chi connectivity index (χ3n) is 2.84. The van der Waals surface area contributed by atoms with Crippen LogP contribution in [0.2, 0.25) is 0 Å². The molecule has 0 radical (unpaired) electrons. The summed E-state index contributed by atoms with van der Waals surface area (Å²) in [6.07, 6.45) is 0.341. The number of aliphatic hydroxyl groups excluding tert-OH is 1. The van der Waals surface area contributed by atoms with E-state index in [1.807, 2.05) is 11.0 Å². The second kappa shape index (κ2) is 4.52. The number of hydrogen-bond acceptors (Lipinski definition) is 5. The van der Waals surface area contributed by atoms with E-state index < -0.39 is 0 Å². The Morgan fingerprint density at radius 3 is 2.94 bits per heavy atom. The van der Waals surface area contributed by atoms with Crippen molar-refractivity contribution in [2.75, 3.05) is 18.0 Å². The van der Waals surface area contributed by atoms with Crippen molar-refractivity contribution in [2.45, 2.75) is 19.4 Å². The number of nitrogens with zero attached hydrogens (tertiary/aromatic N) is 3. The van der Waals surface area contributed by atoms with E-state index in [1.54, 1.807) is 12.1 Å². The van der Waals surface area contributed by atoms with Crippen LogP contribution in [0.4, 0.5) is 5.69 Å². The van der Waals surface area contributed by atoms with E-state index in [-0.39, 0.29) is 17.6 Å². The van der Waals surface area contributed by atoms with Gasteiger partial charge in [-0.3, -0.25) is 4.79 Å². The molecule has 17 heavy (non-hydrogen) atoms. The van der Waals surface area contributed by atoms with Gasteiger partial charge in [0.1, 0.15) is 11.8 Å². The van der Waals surface area contributed by atoms with Crippen LogP contribution in [0.15, 0.2) is 12.1 Å². The third-order valence-corrected chi connectivity index (χ3v) is 2.84. The zero-order valence-corrected chi connectivity index (χ0v) is 9.55. The normalized spacial score (nSPS) is 19.1. The quantitative estimate of drug-likeness (QED) is 0.759. The summed E-state index contributed by atoms with van der Waals surface area (Å²) in [5.41, 5.74) is 1.23. The van der Waals surface area contributed by atoms with Gasteiger partial charge in [-0.25, -0.2) is 4.98 Å². The van der Waals surface area contributed by atoms with Crippen LogP contribution in [0.1, 0.15) is 29.5 Å². The summed E-state index contributed by atoms with van der Waals surface area (Å²) in [5, 5.41) is 18.5. The van der Waals surface area contributed by atoms with Crippen LogP contribution in [0, 0.1) is 11.3 Å². The van der Waals surface area contributed by atoms with E-state index in [0.29, 0.717) is 30.9 Å². The van der Waals surface area contributed by atoms with Crippen molar-refractivity contribution in [1.82, 2.24) is 4.98 Å². The number of ketones is 1. The lowest BCUT2D eigenvalue weighted by molar-refractivity contribution is 0.101. The van der Waals surface area contributed by atoms with Crippen LogP contribution < -0.4 is 4.90 Å². The lowest BCUT2D eigenvalue weighted by Crippen LogP contribution is -2.22. The molecule has 0 aliphatic carbocycles. The molecule has 0 amide bonds. The molecule has 1 fully saturated rings. The Morgan fingerprint density at radius 1 is 1.65 bits per heavy atom. The number of aliphatic hydroxyl groups is 1. The third kappa shape index (κ3) is 2.27. The smallest absolute Gasteiger partial charge is 0.178 e. The lowest BCUT2D eigenvalue weighted by atomic mass is 10.2. The van der Waals surface area contributed by atoms with Crippen LogP contribution in [-0.2, 0) is 0 Å². The number of Topliss-reactive ketones (excluding diaryl/α,β-unsaturated/α-hetero) is 1. The monoisotopic (exact) mass is 231 g/mol. The Balaban J connectivity index is 2.35. The zero-order chi connectivity index (χ0) is 12.4. The summed E-state index contributed by atoms with van der Waals surface area (Å²) < 4.78 is 0. The molecule has 1 atom stereocenters. The maximum absolute atomic E-state index is 11.2. The SMILES string of the molecule is CC(=O)c1ccc(N2CCC(O)C2)c(C#N)n1. The molecule has 1 saturated heterocycles. The minimum Gasteiger partial charge on any atom is -0.391 e. The van der Waals surface area contributed by atoms with Crippen LogP contribution in [-0.4, -0.2) is 35.1 Å². The summed E-state index contributed by atoms with van der Waals surface area (Å²) in [7, 11) is 0. The highest BCUT2D eigenvalue weighted by atomic mass is 16.3. The Bertz CT molecular complexity index is 493. The highest BCUT2D eigenvalue weighted by Gasteiger charge is 2.23. The molecule has 1 aromatic heterocycles. The van der Waals surface area contributed by atoms with E-state index in [9.17, 15) is 9.90 Å². The van der Waals surface area contributed by atoms with Crippen LogP contribution in [0.25, 0.3) is 0 Å². The van der Waals surface area contributed by atoms with Gasteiger partial charge in [0.15, 0.2) is 11.5 Å². The Labute approximate surface area is 99.3 Å². The number of β-amino-alcohol motifs (C(OH)–C–C–N with tert-alkyl or cyclic N) is 1. The zero-order valence-electron chi connectivity index (χ0n) is 9.55. The number of nitriles is 1. The molecule has 5 heteroatoms. The lowest BCUT2D eigenvalue weighted by Gasteiger charge is -2.18. The van der Waals surface area contributed by atoms with Crippen molar-refractivity contribution in [3.8, 4) is 6.07 Å². The van der Waals surface area contributed by atoms with E-state index in [1.165, 1.54) is 6.92 Å². The van der Waals surface area contributed by atoms with E-state index in [2.05, 4.69) is 4.98 Å². The summed E-state index contributed by atoms with van der Waals surface area (Å²) >= 11 is 0. The standard InChI is InChI=1S/C12H13N3O2/c1-8(16)10-2-3-12(11(6-13)14-10)15-5-4-9(17)7-15/h2-3,9,17H,4-5,7H2,1H3. The van der Waals surface area contributed by atoms with Crippen LogP contribution in [0.5, 0.6) is 0 Å². The molecule has 0 spiro atoms. The van der Waals surface area contributed by atoms with Crippen molar-refractivity contribution in [3.63, 3.8) is 0 Å². The molecular weight excluding hydrogens is 218 g/mol. The Kier molecular flexibility index (Phi) is 3.07. The fraction of sp³-hybridized carbons (Fsp3) is 0.417. The molecule has 88 valence electrons. The van der Waals surface area contributed by atoms with Crippen molar-refractivity contribution in [3.05, 3.63) is 23.5 Å². The second-order valence-electron chi connectivity index (χ2n) is 4.12. The molecule has 0 bridgehead atoms. The van der Waals surface area contributed by atoms with Gasteiger partial charge < -0.3 is 10.0 Å². The first kappa shape index (κ1) is 11.6. The number of pyridine rings is 1. The van der Waals surface area contributed by atoms with Gasteiger partial charge in [0.2, 0.25) is 0 Å². The number of aromatic nitrogens is 1. The second-order valence-corrected chi connectivity index (χ2v) is 4.12. The van der Waals surface area contributed by atoms with E-state index in [0.717, 1.165) is 0 Å². The first-order valence-electron chi connectivity index (χ1n) is 5.47. The number of carbonyl (C=O) groups is 1. The van der Waals surface area contributed by atoms with Gasteiger partial charge in [0.25, 0.3) is 0 Å². The van der Waals surface area contributed by atoms with Crippen molar-refractivity contribution in [2.24, 2.45) is 0 Å². The predicted molar refractivity (Wildman–Crippen MR) is 61.8 cm³/mol. The molecule has 0 aromatic carbocycles. The molecule has 1 unspecified atom stereocenters. The van der Waals surface area contributed by atoms with Crippen molar-refractivity contribution in [1.29, 1.82) is 5.26 Å². The number of hydrogen-bond donors (Lipinski definition) is 1. The fourth-order valence-corrected chi connectivity index (χ4v) is 1.95. The molecule has 0 saturated carbocycles. The summed E-state index contributed by atoms with van der Waals surface area (Å²) in [4.78, 5) is 17.1. The summed E-state index contributed by atoms with van der Waals surface area (Å²) in [6.45, 7) is 2.63. The average molecular weight is 231 g/mol. The van der Waals surface area contributed by atoms with Gasteiger partial charge in [-0.05, 0) is 18.6 Å². The number of rotatable bonds is 2. The van der Waals surface area contributed by atoms with Gasteiger partial charge in [-0.15, -0.1) is 0 Å². The maximum atomic E-state index is 11.2. The first-order chi connectivity index (χ1) is 8.11. The minimum absolute atomic E-state index is 0.158. The molecular formula is C12H13N3O2. The molecule has 5 nitrogen and oxygen atoms in total. The number of anilines is 1. The molecule has 2 heterocycles. The topological polar surface area (TPSA) is 77.2 Å². The highest BCUT2D eigenvalue weighted by molar-refractivity contribution is 5.92. The average Bonchev–Trinajstić information content (AvgIpc) is 2.74. The van der Waals surface area contributed by atoms with Gasteiger partial charge in [-0.2, -0.15) is 5.26 Å². The van der Waals surface area contributed by atoms with Gasteiger partial charge in [0, 0.05) is 20.0 Å². The van der Waals surface area contributed by atoms with E-state index >= 15 is 0 Å². The molecule has 1 N–H and O–H groups in total. The van der Waals surface area contributed by atoms with Crippen LogP contribution in [0.3, 0.4) is 0 Å². The van der Waals surface area contributed by atoms with Gasteiger partial charge >= 0.3 is 0 Å². The summed E-state index contributed by atoms with van der Waals surface area (Å²) in [6, 6.07) is 5.33. The highest BCUT2D eigenvalue weighted by Crippen LogP contribution is 2.23. The first-order valence-corrected chi connectivity index (χ1v) is 5.47. The molecule has 1 aliphatic heterocycles. The maximum Gasteiger partial charge on any atom is 0.178 e. The molecule has 1 aliphatic rings. The van der Waals surface area contributed by atoms with Crippen molar-refractivity contribution < 1.29 is 9.90 Å². The predicted octanol–water partition coefficient (Wildman–Crippen LogP) is 0.727. The van der Waals surface area contributed by atoms with Gasteiger partial charge in [-0.1, -0.05) is 0 Å². The number of carbonyl (C=O) groups excluding carboxylic acids is 1. The van der Waals surface area contributed by atoms with Gasteiger partial charge in [0.05, 0.1) is 11.8 Å². The Morgan fingerprint density at radius 2 is 2.41 bits per heavy atom. The van der Waals surface area contributed by atoms with Crippen LogP contribution >= 0.6 is 0 Å². The molecule has 2 rings (SSSR count). The largest absolute Gasteiger partial charge is 0.391 e. The van der Waals surface area contributed by atoms with E-state index in [4.69, 9.17) is 5.26 Å². The minimum atomic E-state index is -0.353. The van der Waals surface area contributed by atoms with Crippen molar-refractivity contribution >= 4 is 11.5 Å². The summed E-state index contributed by atoms with van der Waals surface area (Å²) in [5.74, 6) is -0.158.